The van der Waals surface area contributed by atoms with Crippen LogP contribution in [0.25, 0.3) is 0 Å². The van der Waals surface area contributed by atoms with Crippen molar-refractivity contribution in [1.29, 1.82) is 0 Å². The lowest BCUT2D eigenvalue weighted by atomic mass is 9.99. The minimum absolute atomic E-state index is 0.205. The van der Waals surface area contributed by atoms with Gasteiger partial charge in [0.05, 0.1) is 19.8 Å². The summed E-state index contributed by atoms with van der Waals surface area (Å²) in [5.41, 5.74) is 0.927. The van der Waals surface area contributed by atoms with E-state index in [0.29, 0.717) is 0 Å². The van der Waals surface area contributed by atoms with Crippen LogP contribution in [0.5, 0.6) is 0 Å². The van der Waals surface area contributed by atoms with E-state index in [1.807, 2.05) is 30.3 Å². The molecule has 0 radical (unpaired) electrons. The molecule has 1 saturated heterocycles. The molecule has 1 aliphatic heterocycles. The SMILES string of the molecule is C=CCO[C@@H]1O[C@H](CO)[C@@H](O)[C@H](O)[C@H]1OCc1ccccc1. The Bertz CT molecular complexity index is 451. The van der Waals surface area contributed by atoms with Gasteiger partial charge in [-0.2, -0.15) is 0 Å². The average molecular weight is 310 g/mol. The Kier molecular flexibility index (Phi) is 6.50. The summed E-state index contributed by atoms with van der Waals surface area (Å²) in [6.07, 6.45) is -3.58. The second-order valence-corrected chi connectivity index (χ2v) is 5.09. The van der Waals surface area contributed by atoms with Crippen LogP contribution < -0.4 is 0 Å². The first kappa shape index (κ1) is 17.1. The summed E-state index contributed by atoms with van der Waals surface area (Å²) < 4.78 is 16.6. The van der Waals surface area contributed by atoms with E-state index in [4.69, 9.17) is 14.2 Å². The van der Waals surface area contributed by atoms with Crippen molar-refractivity contribution < 1.29 is 29.5 Å². The Hall–Kier alpha value is -1.28. The second kappa shape index (κ2) is 8.38. The molecule has 0 spiro atoms. The third kappa shape index (κ3) is 4.13. The number of aliphatic hydroxyl groups excluding tert-OH is 3. The summed E-state index contributed by atoms with van der Waals surface area (Å²) in [6, 6.07) is 9.45. The zero-order valence-electron chi connectivity index (χ0n) is 12.2. The maximum atomic E-state index is 10.2. The van der Waals surface area contributed by atoms with Crippen molar-refractivity contribution in [3.63, 3.8) is 0 Å². The molecule has 0 aliphatic carbocycles. The van der Waals surface area contributed by atoms with E-state index < -0.39 is 37.3 Å². The molecular formula is C16H22O6. The first-order valence-corrected chi connectivity index (χ1v) is 7.18. The van der Waals surface area contributed by atoms with E-state index in [2.05, 4.69) is 6.58 Å². The predicted octanol–water partition coefficient (Wildman–Crippen LogP) is 0.213. The molecule has 5 atom stereocenters. The summed E-state index contributed by atoms with van der Waals surface area (Å²) in [5.74, 6) is 0. The van der Waals surface area contributed by atoms with Crippen molar-refractivity contribution in [2.24, 2.45) is 0 Å². The highest BCUT2D eigenvalue weighted by atomic mass is 16.7. The molecule has 0 aromatic heterocycles. The molecular weight excluding hydrogens is 288 g/mol. The number of hydrogen-bond acceptors (Lipinski definition) is 6. The minimum Gasteiger partial charge on any atom is -0.394 e. The van der Waals surface area contributed by atoms with Crippen LogP contribution in [-0.2, 0) is 20.8 Å². The van der Waals surface area contributed by atoms with Gasteiger partial charge in [-0.25, -0.2) is 0 Å². The minimum atomic E-state index is -1.24. The van der Waals surface area contributed by atoms with Crippen molar-refractivity contribution >= 4 is 0 Å². The number of benzene rings is 1. The van der Waals surface area contributed by atoms with Gasteiger partial charge in [0.15, 0.2) is 6.29 Å². The number of rotatable bonds is 7. The maximum absolute atomic E-state index is 10.2. The molecule has 22 heavy (non-hydrogen) atoms. The summed E-state index contributed by atoms with van der Waals surface area (Å²) in [4.78, 5) is 0. The Morgan fingerprint density at radius 3 is 2.50 bits per heavy atom. The molecule has 0 amide bonds. The highest BCUT2D eigenvalue weighted by molar-refractivity contribution is 5.13. The van der Waals surface area contributed by atoms with E-state index in [1.165, 1.54) is 0 Å². The molecule has 6 nitrogen and oxygen atoms in total. The molecule has 1 aromatic carbocycles. The third-order valence-electron chi connectivity index (χ3n) is 3.49. The zero-order valence-corrected chi connectivity index (χ0v) is 12.2. The number of ether oxygens (including phenoxy) is 3. The molecule has 3 N–H and O–H groups in total. The van der Waals surface area contributed by atoms with Gasteiger partial charge in [-0.1, -0.05) is 36.4 Å². The van der Waals surface area contributed by atoms with Gasteiger partial charge in [-0.3, -0.25) is 0 Å². The maximum Gasteiger partial charge on any atom is 0.187 e. The molecule has 0 unspecified atom stereocenters. The molecule has 122 valence electrons. The van der Waals surface area contributed by atoms with E-state index in [9.17, 15) is 15.3 Å². The van der Waals surface area contributed by atoms with Crippen LogP contribution in [0.3, 0.4) is 0 Å². The van der Waals surface area contributed by atoms with E-state index in [1.54, 1.807) is 6.08 Å². The van der Waals surface area contributed by atoms with Crippen molar-refractivity contribution in [2.45, 2.75) is 37.3 Å². The second-order valence-electron chi connectivity index (χ2n) is 5.09. The lowest BCUT2D eigenvalue weighted by Gasteiger charge is -2.41. The number of aliphatic hydroxyl groups is 3. The van der Waals surface area contributed by atoms with Crippen molar-refractivity contribution in [1.82, 2.24) is 0 Å². The lowest BCUT2D eigenvalue weighted by molar-refractivity contribution is -0.309. The van der Waals surface area contributed by atoms with Gasteiger partial charge in [0, 0.05) is 0 Å². The first-order chi connectivity index (χ1) is 10.7. The largest absolute Gasteiger partial charge is 0.394 e. The highest BCUT2D eigenvalue weighted by Crippen LogP contribution is 2.25. The number of hydrogen-bond donors (Lipinski definition) is 3. The van der Waals surface area contributed by atoms with E-state index in [0.717, 1.165) is 5.56 Å². The van der Waals surface area contributed by atoms with Gasteiger partial charge in [-0.15, -0.1) is 6.58 Å². The fourth-order valence-corrected chi connectivity index (χ4v) is 2.30. The van der Waals surface area contributed by atoms with Crippen LogP contribution in [0.15, 0.2) is 43.0 Å². The first-order valence-electron chi connectivity index (χ1n) is 7.18. The van der Waals surface area contributed by atoms with Crippen LogP contribution >= 0.6 is 0 Å². The Morgan fingerprint density at radius 2 is 1.86 bits per heavy atom. The van der Waals surface area contributed by atoms with Crippen LogP contribution in [0.4, 0.5) is 0 Å². The summed E-state index contributed by atoms with van der Waals surface area (Å²) in [7, 11) is 0. The van der Waals surface area contributed by atoms with Crippen LogP contribution in [0.2, 0.25) is 0 Å². The Labute approximate surface area is 129 Å². The molecule has 1 heterocycles. The van der Waals surface area contributed by atoms with Gasteiger partial charge >= 0.3 is 0 Å². The standard InChI is InChI=1S/C16H22O6/c1-2-8-20-16-15(14(19)13(18)12(9-17)22-16)21-10-11-6-4-3-5-7-11/h2-7,12-19H,1,8-10H2/t12-,13-,14+,15-,16-/m1/s1. The van der Waals surface area contributed by atoms with Crippen molar-refractivity contribution in [3.05, 3.63) is 48.6 Å². The van der Waals surface area contributed by atoms with Crippen LogP contribution in [-0.4, -0.2) is 59.2 Å². The van der Waals surface area contributed by atoms with Gasteiger partial charge in [0.25, 0.3) is 0 Å². The summed E-state index contributed by atoms with van der Waals surface area (Å²) in [5, 5.41) is 29.4. The summed E-state index contributed by atoms with van der Waals surface area (Å²) >= 11 is 0. The van der Waals surface area contributed by atoms with Crippen molar-refractivity contribution in [3.8, 4) is 0 Å². The molecule has 6 heteroatoms. The lowest BCUT2D eigenvalue weighted by Crippen LogP contribution is -2.60. The average Bonchev–Trinajstić information content (AvgIpc) is 2.56. The summed E-state index contributed by atoms with van der Waals surface area (Å²) in [6.45, 7) is 3.59. The smallest absolute Gasteiger partial charge is 0.187 e. The molecule has 1 aromatic rings. The predicted molar refractivity (Wildman–Crippen MR) is 78.9 cm³/mol. The molecule has 0 bridgehead atoms. The molecule has 2 rings (SSSR count). The molecule has 1 aliphatic rings. The fraction of sp³-hybridized carbons (Fsp3) is 0.500. The fourth-order valence-electron chi connectivity index (χ4n) is 2.30. The van der Waals surface area contributed by atoms with Crippen LogP contribution in [0.1, 0.15) is 5.56 Å². The zero-order chi connectivity index (χ0) is 15.9. The quantitative estimate of drug-likeness (QED) is 0.624. The third-order valence-corrected chi connectivity index (χ3v) is 3.49. The molecule has 1 fully saturated rings. The van der Waals surface area contributed by atoms with Gasteiger partial charge < -0.3 is 29.5 Å². The van der Waals surface area contributed by atoms with E-state index in [-0.39, 0.29) is 13.2 Å². The topological polar surface area (TPSA) is 88.4 Å². The normalized spacial score (nSPS) is 31.9. The van der Waals surface area contributed by atoms with Crippen molar-refractivity contribution in [2.75, 3.05) is 13.2 Å². The van der Waals surface area contributed by atoms with Gasteiger partial charge in [0.1, 0.15) is 24.4 Å². The van der Waals surface area contributed by atoms with Crippen LogP contribution in [0, 0.1) is 0 Å². The van der Waals surface area contributed by atoms with Gasteiger partial charge in [-0.05, 0) is 5.56 Å². The highest BCUT2D eigenvalue weighted by Gasteiger charge is 2.45. The van der Waals surface area contributed by atoms with E-state index >= 15 is 0 Å². The Balaban J connectivity index is 2.04. The molecule has 0 saturated carbocycles. The van der Waals surface area contributed by atoms with Gasteiger partial charge in [0.2, 0.25) is 0 Å². The Morgan fingerprint density at radius 1 is 1.14 bits per heavy atom. The monoisotopic (exact) mass is 310 g/mol.